The van der Waals surface area contributed by atoms with Crippen molar-refractivity contribution in [3.8, 4) is 0 Å². The SMILES string of the molecule is CNCCN(C)Cc1nn2c(c1C1CCC3(CC1)CC(C)(C)CO3)COCC2.CNCCN(C)Cc1nn2c(c1C1CCC3(CC1)CCN(CC1CCCCC1)C3=O)COCC2.CNCCN(C)Cc1nn2c(c1C1CCC3(CC1)CCN(Cc1ccn(C)n1)C3=O)COCC2.CNCCN(C)Cc1nn2c(c1C1CCC3(CCC(=O)N3)CC1)CCC2.CNCCN(C)Cc1nn2c(c1C1CCC3(CCCO3)CC1)CCC2. The van der Waals surface area contributed by atoms with E-state index in [4.69, 9.17) is 49.2 Å². The number of hydrogen-bond acceptors (Lipinski definition) is 24. The lowest BCUT2D eigenvalue weighted by atomic mass is 9.67. The number of carbonyl (C=O) groups is 3. The molecule has 6 aromatic rings. The van der Waals surface area contributed by atoms with Gasteiger partial charge in [-0.15, -0.1) is 0 Å². The normalized spacial score (nSPS) is 27.9. The van der Waals surface area contributed by atoms with E-state index in [1.54, 1.807) is 21.5 Å². The molecule has 818 valence electrons. The molecule has 147 heavy (non-hydrogen) atoms. The van der Waals surface area contributed by atoms with Crippen molar-refractivity contribution in [1.82, 2.24) is 125 Å². The Balaban J connectivity index is 0.000000121. The molecule has 22 rings (SSSR count). The molecule has 6 aliphatic carbocycles. The maximum absolute atomic E-state index is 13.6. The van der Waals surface area contributed by atoms with E-state index >= 15 is 0 Å². The second kappa shape index (κ2) is 50.1. The average molecular weight is 2040 g/mol. The van der Waals surface area contributed by atoms with Crippen molar-refractivity contribution in [3.63, 3.8) is 0 Å². The maximum atomic E-state index is 13.6. The third-order valence-electron chi connectivity index (χ3n) is 37.5. The summed E-state index contributed by atoms with van der Waals surface area (Å²) in [7, 11) is 22.9. The number of ether oxygens (including phenoxy) is 5. The van der Waals surface area contributed by atoms with Gasteiger partial charge < -0.3 is 65.4 Å². The Morgan fingerprint density at radius 1 is 0.381 bits per heavy atom. The van der Waals surface area contributed by atoms with Crippen molar-refractivity contribution >= 4 is 17.7 Å². The first-order valence-electron chi connectivity index (χ1n) is 58.3. The Labute approximate surface area is 879 Å². The van der Waals surface area contributed by atoms with Gasteiger partial charge in [0.15, 0.2) is 0 Å². The molecular formula is C114H189N25O8. The van der Waals surface area contributed by atoms with Crippen LogP contribution in [0.1, 0.15) is 352 Å². The number of hydrogen-bond donors (Lipinski definition) is 6. The molecule has 0 atom stereocenters. The van der Waals surface area contributed by atoms with Crippen LogP contribution >= 0.6 is 0 Å². The molecule has 11 fully saturated rings. The van der Waals surface area contributed by atoms with Crippen LogP contribution in [-0.4, -0.2) is 316 Å². The molecule has 0 radical (unpaired) electrons. The summed E-state index contributed by atoms with van der Waals surface area (Å²) in [5.74, 6) is 4.68. The number of rotatable bonds is 34. The number of carbonyl (C=O) groups excluding carboxylic acids is 3. The quantitative estimate of drug-likeness (QED) is 0.0219. The van der Waals surface area contributed by atoms with E-state index in [0.29, 0.717) is 73.2 Å². The van der Waals surface area contributed by atoms with Crippen molar-refractivity contribution in [2.24, 2.45) is 29.2 Å². The Morgan fingerprint density at radius 2 is 0.755 bits per heavy atom. The third kappa shape index (κ3) is 26.2. The van der Waals surface area contributed by atoms with Crippen LogP contribution in [0.3, 0.4) is 0 Å². The van der Waals surface area contributed by atoms with E-state index in [-0.39, 0.29) is 33.5 Å². The van der Waals surface area contributed by atoms with Crippen LogP contribution < -0.4 is 31.9 Å². The van der Waals surface area contributed by atoms with Gasteiger partial charge in [0.25, 0.3) is 0 Å². The number of likely N-dealkylation sites (N-methyl/N-ethyl adjacent to an activating group) is 10. The highest BCUT2D eigenvalue weighted by Crippen LogP contribution is 2.56. The van der Waals surface area contributed by atoms with Gasteiger partial charge >= 0.3 is 0 Å². The smallest absolute Gasteiger partial charge is 0.229 e. The van der Waals surface area contributed by atoms with Crippen LogP contribution in [0.5, 0.6) is 0 Å². The van der Waals surface area contributed by atoms with Crippen molar-refractivity contribution in [3.05, 3.63) is 103 Å². The van der Waals surface area contributed by atoms with Gasteiger partial charge in [0.05, 0.1) is 146 Å². The minimum Gasteiger partial charge on any atom is -0.375 e. The first kappa shape index (κ1) is 110. The zero-order chi connectivity index (χ0) is 102. The molecule has 3 amide bonds. The van der Waals surface area contributed by atoms with Gasteiger partial charge in [-0.2, -0.15) is 30.6 Å². The molecule has 33 nitrogen and oxygen atoms in total. The molecule has 10 aliphatic heterocycles. The highest BCUT2D eigenvalue weighted by molar-refractivity contribution is 5.85. The van der Waals surface area contributed by atoms with Crippen molar-refractivity contribution < 1.29 is 38.1 Å². The molecule has 0 unspecified atom stereocenters. The average Bonchev–Trinajstić information content (AvgIpc) is 1.63. The topological polar surface area (TPSA) is 299 Å². The van der Waals surface area contributed by atoms with E-state index in [1.165, 1.54) is 209 Å². The first-order valence-corrected chi connectivity index (χ1v) is 58.3. The largest absolute Gasteiger partial charge is 0.375 e. The lowest BCUT2D eigenvalue weighted by Crippen LogP contribution is -2.44. The highest BCUT2D eigenvalue weighted by atomic mass is 16.5. The maximum Gasteiger partial charge on any atom is 0.229 e. The van der Waals surface area contributed by atoms with Crippen LogP contribution in [-0.2, 0) is 150 Å². The standard InChI is InChI=1S/C27H45N5O2.C25H39N7O2.C22H38N4O2.C20H33N5O.C20H34N4O/c1-28-13-15-30(2)19-23-25(24-20-34-17-16-32(24)29-23)22-8-10-27(11-9-22)12-14-31(26(27)33)18-21-6-4-3-5-7-21;1-26-10-13-29(2)17-21-23(22-18-34-15-14-32(22)28-21)19-4-7-25(8-5-19)9-12-31(24(25)33)16-20-6-11-30(3)27-20;1-21(2)15-22(28-16-21)7-5-17(6-8-22)20-18(13-25(4)10-9-23-3)24-26-11-12-27-14-19(20)26;1-21-11-13-24(2)14-16-19(17-4-3-12-25(17)23-16)15-5-8-20(9-6-15)10-7-18(26)22-20;1-21-11-13-23(2)15-17-19(18-5-3-12-24(18)22-17)16-6-9-20(10-7-16)8-4-14-25-20/h21-22,28H,3-20H2,1-2H3;6,11,19,26H,4-5,7-10,12-18H2,1-3H3;17,23H,5-16H2,1-4H3;15,21H,3-14H2,1-2H3,(H,22,26);16,21H,3-15H2,1-2H3. The number of aryl methyl sites for hydroxylation is 3. The van der Waals surface area contributed by atoms with Crippen molar-refractivity contribution in [2.45, 2.75) is 383 Å². The fraction of sp³-hybridized carbons (Fsp3) is 0.816. The zero-order valence-electron chi connectivity index (χ0n) is 93.0. The summed E-state index contributed by atoms with van der Waals surface area (Å²) in [5.41, 5.74) is 22.3. The molecule has 0 aromatic carbocycles. The molecule has 6 aromatic heterocycles. The molecule has 16 heterocycles. The Kier molecular flexibility index (Phi) is 37.4. The fourth-order valence-corrected chi connectivity index (χ4v) is 29.3. The van der Waals surface area contributed by atoms with Gasteiger partial charge in [0.1, 0.15) is 0 Å². The molecule has 6 N–H and O–H groups in total. The van der Waals surface area contributed by atoms with Gasteiger partial charge in [-0.25, -0.2) is 0 Å². The predicted octanol–water partition coefficient (Wildman–Crippen LogP) is 12.8. The second-order valence-corrected chi connectivity index (χ2v) is 48.9. The molecule has 16 aliphatic rings. The lowest BCUT2D eigenvalue weighted by Gasteiger charge is -2.37. The summed E-state index contributed by atoms with van der Waals surface area (Å²) >= 11 is 0. The molecule has 6 saturated carbocycles. The summed E-state index contributed by atoms with van der Waals surface area (Å²) in [6.07, 6.45) is 43.9. The predicted molar refractivity (Wildman–Crippen MR) is 575 cm³/mol. The summed E-state index contributed by atoms with van der Waals surface area (Å²) in [6, 6.07) is 2.01. The summed E-state index contributed by atoms with van der Waals surface area (Å²) in [5, 5.41) is 49.1. The molecule has 33 heteroatoms. The second-order valence-electron chi connectivity index (χ2n) is 48.9. The number of aromatic nitrogens is 12. The fourth-order valence-electron chi connectivity index (χ4n) is 29.3. The van der Waals surface area contributed by atoms with Gasteiger partial charge in [-0.05, 0) is 323 Å². The number of nitrogens with one attached hydrogen (secondary N) is 6. The van der Waals surface area contributed by atoms with Gasteiger partial charge in [-0.1, -0.05) is 33.1 Å². The lowest BCUT2D eigenvalue weighted by molar-refractivity contribution is -0.139. The van der Waals surface area contributed by atoms with E-state index in [2.05, 4.69) is 139 Å². The Morgan fingerprint density at radius 3 is 1.12 bits per heavy atom. The molecule has 5 saturated heterocycles. The Hall–Kier alpha value is -6.93. The summed E-state index contributed by atoms with van der Waals surface area (Å²) < 4.78 is 43.0. The Bertz CT molecular complexity index is 5220. The van der Waals surface area contributed by atoms with Crippen LogP contribution in [0.4, 0.5) is 0 Å². The molecule has 0 bridgehead atoms. The van der Waals surface area contributed by atoms with E-state index in [1.807, 2.05) is 59.4 Å². The minimum atomic E-state index is -0.182. The van der Waals surface area contributed by atoms with Gasteiger partial charge in [-0.3, -0.25) is 67.0 Å². The molecule has 5 spiro atoms. The summed E-state index contributed by atoms with van der Waals surface area (Å²) in [4.78, 5) is 54.9. The van der Waals surface area contributed by atoms with Crippen LogP contribution in [0.2, 0.25) is 0 Å². The number of fused-ring (bicyclic) bond motifs is 5. The zero-order valence-corrected chi connectivity index (χ0v) is 93.0. The van der Waals surface area contributed by atoms with Crippen LogP contribution in [0.15, 0.2) is 12.3 Å². The van der Waals surface area contributed by atoms with E-state index in [0.717, 1.165) is 285 Å². The molecular weight excluding hydrogens is 1850 g/mol. The van der Waals surface area contributed by atoms with Crippen LogP contribution in [0.25, 0.3) is 0 Å². The highest BCUT2D eigenvalue weighted by Gasteiger charge is 2.54. The number of nitrogens with zero attached hydrogens (tertiary/aromatic N) is 19. The van der Waals surface area contributed by atoms with Gasteiger partial charge in [0, 0.05) is 202 Å². The monoisotopic (exact) mass is 2040 g/mol. The first-order chi connectivity index (χ1) is 71.3. The van der Waals surface area contributed by atoms with Crippen molar-refractivity contribution in [1.29, 1.82) is 0 Å². The van der Waals surface area contributed by atoms with Crippen molar-refractivity contribution in [2.75, 3.05) is 189 Å². The summed E-state index contributed by atoms with van der Waals surface area (Å²) in [6.45, 7) is 33.8. The minimum absolute atomic E-state index is 0.0847. The number of amides is 3. The van der Waals surface area contributed by atoms with Crippen LogP contribution in [0, 0.1) is 22.2 Å². The third-order valence-corrected chi connectivity index (χ3v) is 37.5. The van der Waals surface area contributed by atoms with Gasteiger partial charge in [0.2, 0.25) is 17.7 Å². The van der Waals surface area contributed by atoms with E-state index in [9.17, 15) is 14.4 Å². The van der Waals surface area contributed by atoms with E-state index < -0.39 is 0 Å². The number of likely N-dealkylation sites (tertiary alicyclic amines) is 2.